The molecule has 0 heterocycles. The number of carbonyl (C=O) groups is 2. The van der Waals surface area contributed by atoms with Crippen molar-refractivity contribution in [2.24, 2.45) is 5.92 Å². The van der Waals surface area contributed by atoms with E-state index in [9.17, 15) is 9.59 Å². The summed E-state index contributed by atoms with van der Waals surface area (Å²) in [6.07, 6.45) is 1.47. The minimum Gasteiger partial charge on any atom is -0.326 e. The van der Waals surface area contributed by atoms with Crippen LogP contribution in [0.15, 0.2) is 18.2 Å². The van der Waals surface area contributed by atoms with Crippen LogP contribution >= 0.6 is 23.2 Å². The Morgan fingerprint density at radius 3 is 2.65 bits per heavy atom. The fourth-order valence-electron chi connectivity index (χ4n) is 1.86. The first-order valence-electron chi connectivity index (χ1n) is 5.34. The number of hydrogen-bond acceptors (Lipinski definition) is 2. The Labute approximate surface area is 109 Å². The van der Waals surface area contributed by atoms with Gasteiger partial charge in [0.2, 0.25) is 5.91 Å². The molecule has 2 rings (SSSR count). The number of carbonyl (C=O) groups excluding carboxylic acids is 2. The molecule has 1 aromatic carbocycles. The first kappa shape index (κ1) is 12.4. The van der Waals surface area contributed by atoms with Crippen LogP contribution in [0.3, 0.4) is 0 Å². The molecule has 1 aliphatic carbocycles. The van der Waals surface area contributed by atoms with Gasteiger partial charge < -0.3 is 5.32 Å². The van der Waals surface area contributed by atoms with E-state index in [0.717, 1.165) is 0 Å². The van der Waals surface area contributed by atoms with Gasteiger partial charge in [-0.15, -0.1) is 0 Å². The van der Waals surface area contributed by atoms with Crippen molar-refractivity contribution in [2.75, 3.05) is 5.32 Å². The predicted octanol–water partition coefficient (Wildman–Crippen LogP) is 3.30. The van der Waals surface area contributed by atoms with Crippen LogP contribution in [0.4, 0.5) is 5.69 Å². The van der Waals surface area contributed by atoms with E-state index in [-0.39, 0.29) is 17.6 Å². The second-order valence-corrected chi connectivity index (χ2v) is 4.91. The first-order valence-corrected chi connectivity index (χ1v) is 6.09. The lowest BCUT2D eigenvalue weighted by atomic mass is 10.1. The quantitative estimate of drug-likeness (QED) is 0.897. The lowest BCUT2D eigenvalue weighted by molar-refractivity contribution is -0.122. The van der Waals surface area contributed by atoms with Crippen LogP contribution in [0.2, 0.25) is 10.0 Å². The molecule has 0 radical (unpaired) electrons. The second-order valence-electron chi connectivity index (χ2n) is 4.10. The zero-order chi connectivity index (χ0) is 12.4. The molecular formula is C12H11Cl2NO2. The number of rotatable bonds is 2. The fourth-order valence-corrected chi connectivity index (χ4v) is 2.15. The highest BCUT2D eigenvalue weighted by Gasteiger charge is 2.28. The lowest BCUT2D eigenvalue weighted by Gasteiger charge is -2.10. The maximum atomic E-state index is 11.8. The van der Waals surface area contributed by atoms with Crippen LogP contribution < -0.4 is 5.32 Å². The molecule has 1 N–H and O–H groups in total. The van der Waals surface area contributed by atoms with Crippen LogP contribution in [0.25, 0.3) is 0 Å². The van der Waals surface area contributed by atoms with Crippen LogP contribution in [-0.2, 0) is 9.59 Å². The third-order valence-corrected chi connectivity index (χ3v) is 3.54. The van der Waals surface area contributed by atoms with Crippen molar-refractivity contribution in [1.29, 1.82) is 0 Å². The minimum absolute atomic E-state index is 0.130. The largest absolute Gasteiger partial charge is 0.326 e. The molecule has 3 nitrogen and oxygen atoms in total. The molecule has 1 aromatic rings. The summed E-state index contributed by atoms with van der Waals surface area (Å²) >= 11 is 11.6. The second kappa shape index (κ2) is 5.07. The standard InChI is InChI=1S/C12H11Cl2NO2/c13-10-4-2-8(6-11(10)14)15-12(17)7-1-3-9(16)5-7/h2,4,6-7H,1,3,5H2,(H,15,17). The molecular weight excluding hydrogens is 261 g/mol. The van der Waals surface area contributed by atoms with Gasteiger partial charge in [0.05, 0.1) is 10.0 Å². The summed E-state index contributed by atoms with van der Waals surface area (Å²) in [5.74, 6) is -0.189. The number of ketones is 1. The average molecular weight is 272 g/mol. The molecule has 0 aliphatic heterocycles. The Bertz CT molecular complexity index is 474. The van der Waals surface area contributed by atoms with E-state index in [1.165, 1.54) is 0 Å². The average Bonchev–Trinajstić information content (AvgIpc) is 2.70. The van der Waals surface area contributed by atoms with Gasteiger partial charge in [0.1, 0.15) is 5.78 Å². The molecule has 17 heavy (non-hydrogen) atoms. The van der Waals surface area contributed by atoms with Crippen LogP contribution in [0.1, 0.15) is 19.3 Å². The number of anilines is 1. The van der Waals surface area contributed by atoms with Gasteiger partial charge in [0.25, 0.3) is 0 Å². The SMILES string of the molecule is O=C1CCC(C(=O)Nc2ccc(Cl)c(Cl)c2)C1. The Morgan fingerprint density at radius 1 is 1.29 bits per heavy atom. The highest BCUT2D eigenvalue weighted by Crippen LogP contribution is 2.27. The van der Waals surface area contributed by atoms with Crippen molar-refractivity contribution in [3.63, 3.8) is 0 Å². The Morgan fingerprint density at radius 2 is 2.06 bits per heavy atom. The molecule has 0 spiro atoms. The van der Waals surface area contributed by atoms with E-state index >= 15 is 0 Å². The molecule has 1 aliphatic rings. The molecule has 90 valence electrons. The van der Waals surface area contributed by atoms with E-state index in [2.05, 4.69) is 5.32 Å². The highest BCUT2D eigenvalue weighted by molar-refractivity contribution is 6.42. The first-order chi connectivity index (χ1) is 8.06. The molecule has 1 amide bonds. The number of amides is 1. The van der Waals surface area contributed by atoms with Gasteiger partial charge in [-0.3, -0.25) is 9.59 Å². The van der Waals surface area contributed by atoms with Crippen molar-refractivity contribution in [3.05, 3.63) is 28.2 Å². The van der Waals surface area contributed by atoms with E-state index < -0.39 is 0 Å². The summed E-state index contributed by atoms with van der Waals surface area (Å²) in [4.78, 5) is 22.9. The molecule has 1 atom stereocenters. The summed E-state index contributed by atoms with van der Waals surface area (Å²) in [5, 5.41) is 3.58. The fraction of sp³-hybridized carbons (Fsp3) is 0.333. The summed E-state index contributed by atoms with van der Waals surface area (Å²) < 4.78 is 0. The van der Waals surface area contributed by atoms with Gasteiger partial charge in [0, 0.05) is 24.4 Å². The zero-order valence-corrected chi connectivity index (χ0v) is 10.5. The third kappa shape index (κ3) is 2.99. The van der Waals surface area contributed by atoms with Crippen molar-refractivity contribution < 1.29 is 9.59 Å². The normalized spacial score (nSPS) is 19.4. The Hall–Kier alpha value is -1.06. The number of halogens is 2. The van der Waals surface area contributed by atoms with Crippen LogP contribution in [0, 0.1) is 5.92 Å². The van der Waals surface area contributed by atoms with E-state index in [4.69, 9.17) is 23.2 Å². The van der Waals surface area contributed by atoms with Crippen LogP contribution in [-0.4, -0.2) is 11.7 Å². The number of hydrogen-bond donors (Lipinski definition) is 1. The summed E-state index contributed by atoms with van der Waals surface area (Å²) in [5.41, 5.74) is 0.601. The minimum atomic E-state index is -0.211. The summed E-state index contributed by atoms with van der Waals surface area (Å²) in [6, 6.07) is 4.90. The Balaban J connectivity index is 2.03. The molecule has 0 saturated heterocycles. The lowest BCUT2D eigenvalue weighted by Crippen LogP contribution is -2.20. The summed E-state index contributed by atoms with van der Waals surface area (Å²) in [7, 11) is 0. The number of nitrogens with one attached hydrogen (secondary N) is 1. The molecule has 1 saturated carbocycles. The molecule has 0 bridgehead atoms. The van der Waals surface area contributed by atoms with E-state index in [1.54, 1.807) is 18.2 Å². The van der Waals surface area contributed by atoms with Gasteiger partial charge >= 0.3 is 0 Å². The predicted molar refractivity (Wildman–Crippen MR) is 67.4 cm³/mol. The van der Waals surface area contributed by atoms with Crippen molar-refractivity contribution in [3.8, 4) is 0 Å². The number of Topliss-reactive ketones (excluding diaryl/α,β-unsaturated/α-hetero) is 1. The van der Waals surface area contributed by atoms with Gasteiger partial charge in [0.15, 0.2) is 0 Å². The topological polar surface area (TPSA) is 46.2 Å². The maximum absolute atomic E-state index is 11.8. The van der Waals surface area contributed by atoms with Crippen molar-refractivity contribution >= 4 is 40.6 Å². The van der Waals surface area contributed by atoms with E-state index in [1.807, 2.05) is 0 Å². The number of benzene rings is 1. The monoisotopic (exact) mass is 271 g/mol. The van der Waals surface area contributed by atoms with E-state index in [0.29, 0.717) is 35.0 Å². The zero-order valence-electron chi connectivity index (χ0n) is 9.00. The van der Waals surface area contributed by atoms with Crippen molar-refractivity contribution in [1.82, 2.24) is 0 Å². The molecule has 1 fully saturated rings. The van der Waals surface area contributed by atoms with Gasteiger partial charge in [-0.05, 0) is 24.6 Å². The smallest absolute Gasteiger partial charge is 0.227 e. The third-order valence-electron chi connectivity index (χ3n) is 2.80. The molecule has 0 aromatic heterocycles. The molecule has 5 heteroatoms. The highest BCUT2D eigenvalue weighted by atomic mass is 35.5. The maximum Gasteiger partial charge on any atom is 0.227 e. The molecule has 1 unspecified atom stereocenters. The Kier molecular flexibility index (Phi) is 3.69. The van der Waals surface area contributed by atoms with Gasteiger partial charge in [-0.1, -0.05) is 23.2 Å². The van der Waals surface area contributed by atoms with Crippen LogP contribution in [0.5, 0.6) is 0 Å². The van der Waals surface area contributed by atoms with Gasteiger partial charge in [-0.25, -0.2) is 0 Å². The summed E-state index contributed by atoms with van der Waals surface area (Å²) in [6.45, 7) is 0. The van der Waals surface area contributed by atoms with Gasteiger partial charge in [-0.2, -0.15) is 0 Å². The van der Waals surface area contributed by atoms with Crippen molar-refractivity contribution in [2.45, 2.75) is 19.3 Å².